The molecule has 2 rings (SSSR count). The first-order chi connectivity index (χ1) is 8.72. The molecule has 0 radical (unpaired) electrons. The Balaban J connectivity index is 2.76. The van der Waals surface area contributed by atoms with Crippen LogP contribution >= 0.6 is 0 Å². The number of hydrogen-bond donors (Lipinski definition) is 1. The smallest absolute Gasteiger partial charge is 0.254 e. The predicted octanol–water partition coefficient (Wildman–Crippen LogP) is 2.51. The Labute approximate surface area is 107 Å². The number of rotatable bonds is 4. The lowest BCUT2D eigenvalue weighted by Gasteiger charge is -2.16. The van der Waals surface area contributed by atoms with Crippen LogP contribution < -0.4 is 5.56 Å². The van der Waals surface area contributed by atoms with Gasteiger partial charge in [-0.05, 0) is 30.9 Å². The van der Waals surface area contributed by atoms with Gasteiger partial charge in [0.05, 0.1) is 12.1 Å². The van der Waals surface area contributed by atoms with Crippen molar-refractivity contribution in [2.24, 2.45) is 0 Å². The van der Waals surface area contributed by atoms with Gasteiger partial charge in [0.1, 0.15) is 0 Å². The molecule has 1 atom stereocenters. The van der Waals surface area contributed by atoms with E-state index >= 15 is 0 Å². The molecule has 1 aromatic heterocycles. The Hall–Kier alpha value is -1.61. The quantitative estimate of drug-likeness (QED) is 0.899. The average molecular weight is 245 g/mol. The second kappa shape index (κ2) is 5.36. The number of aliphatic hydroxyl groups excluding tert-OH is 1. The van der Waals surface area contributed by atoms with Crippen LogP contribution in [0.15, 0.2) is 35.1 Å². The van der Waals surface area contributed by atoms with E-state index in [1.165, 1.54) is 0 Å². The van der Waals surface area contributed by atoms with E-state index in [4.69, 9.17) is 0 Å². The Morgan fingerprint density at radius 2 is 2.00 bits per heavy atom. The summed E-state index contributed by atoms with van der Waals surface area (Å²) in [5, 5.41) is 10.4. The van der Waals surface area contributed by atoms with Crippen molar-refractivity contribution in [3.8, 4) is 0 Å². The highest BCUT2D eigenvalue weighted by molar-refractivity contribution is 5.79. The van der Waals surface area contributed by atoms with E-state index in [1.807, 2.05) is 44.2 Å². The highest BCUT2D eigenvalue weighted by Gasteiger charge is 2.15. The second-order valence-electron chi connectivity index (χ2n) is 4.50. The summed E-state index contributed by atoms with van der Waals surface area (Å²) in [6.45, 7) is 4.63. The zero-order valence-electron chi connectivity index (χ0n) is 10.9. The Bertz CT molecular complexity index is 597. The highest BCUT2D eigenvalue weighted by atomic mass is 16.3. The van der Waals surface area contributed by atoms with Crippen LogP contribution in [0.25, 0.3) is 10.9 Å². The molecule has 2 aromatic rings. The number of fused-ring (bicyclic) bond motifs is 1. The largest absolute Gasteiger partial charge is 0.396 e. The van der Waals surface area contributed by atoms with Crippen LogP contribution in [0, 0.1) is 0 Å². The lowest BCUT2D eigenvalue weighted by atomic mass is 9.97. The van der Waals surface area contributed by atoms with Crippen molar-refractivity contribution < 1.29 is 5.11 Å². The molecule has 1 N–H and O–H groups in total. The Morgan fingerprint density at radius 1 is 1.28 bits per heavy atom. The van der Waals surface area contributed by atoms with E-state index in [2.05, 4.69) is 0 Å². The second-order valence-corrected chi connectivity index (χ2v) is 4.50. The fourth-order valence-corrected chi connectivity index (χ4v) is 2.40. The van der Waals surface area contributed by atoms with Crippen LogP contribution in [-0.4, -0.2) is 16.3 Å². The zero-order valence-corrected chi connectivity index (χ0v) is 10.9. The number of nitrogens with zero attached hydrogens (tertiary/aromatic N) is 1. The van der Waals surface area contributed by atoms with Gasteiger partial charge in [-0.2, -0.15) is 0 Å². The third-order valence-corrected chi connectivity index (χ3v) is 3.50. The van der Waals surface area contributed by atoms with Gasteiger partial charge >= 0.3 is 0 Å². The van der Waals surface area contributed by atoms with Crippen molar-refractivity contribution in [2.45, 2.75) is 32.7 Å². The van der Waals surface area contributed by atoms with Gasteiger partial charge in [-0.3, -0.25) is 4.79 Å². The van der Waals surface area contributed by atoms with Gasteiger partial charge in [-0.15, -0.1) is 0 Å². The fraction of sp³-hybridized carbons (Fsp3) is 0.400. The number of aliphatic hydroxyl groups is 1. The van der Waals surface area contributed by atoms with E-state index in [1.54, 1.807) is 4.57 Å². The molecule has 0 saturated carbocycles. The van der Waals surface area contributed by atoms with E-state index < -0.39 is 0 Å². The van der Waals surface area contributed by atoms with Crippen LogP contribution in [0.1, 0.15) is 31.7 Å². The molecule has 0 amide bonds. The monoisotopic (exact) mass is 245 g/mol. The number of aromatic nitrogens is 1. The maximum Gasteiger partial charge on any atom is 0.254 e. The van der Waals surface area contributed by atoms with Crippen molar-refractivity contribution in [1.29, 1.82) is 0 Å². The summed E-state index contributed by atoms with van der Waals surface area (Å²) in [6, 6.07) is 9.81. The molecule has 3 heteroatoms. The molecule has 0 aliphatic heterocycles. The number of benzene rings is 1. The molecule has 3 nitrogen and oxygen atoms in total. The van der Waals surface area contributed by atoms with Gasteiger partial charge in [0.15, 0.2) is 0 Å². The third kappa shape index (κ3) is 2.06. The van der Waals surface area contributed by atoms with Crippen LogP contribution in [0.5, 0.6) is 0 Å². The Morgan fingerprint density at radius 3 is 2.61 bits per heavy atom. The first-order valence-corrected chi connectivity index (χ1v) is 6.46. The average Bonchev–Trinajstić information content (AvgIpc) is 2.41. The van der Waals surface area contributed by atoms with Gasteiger partial charge in [0.25, 0.3) is 5.56 Å². The van der Waals surface area contributed by atoms with Crippen molar-refractivity contribution >= 4 is 10.9 Å². The van der Waals surface area contributed by atoms with E-state index in [-0.39, 0.29) is 18.1 Å². The molecule has 0 aliphatic rings. The number of para-hydroxylation sites is 1. The summed E-state index contributed by atoms with van der Waals surface area (Å²) in [6.07, 6.45) is 0.772. The van der Waals surface area contributed by atoms with Crippen molar-refractivity contribution in [1.82, 2.24) is 4.57 Å². The summed E-state index contributed by atoms with van der Waals surface area (Å²) >= 11 is 0. The Kier molecular flexibility index (Phi) is 3.82. The predicted molar refractivity (Wildman–Crippen MR) is 74.0 cm³/mol. The molecule has 96 valence electrons. The van der Waals surface area contributed by atoms with Gasteiger partial charge in [0.2, 0.25) is 0 Å². The number of aryl methyl sites for hydroxylation is 1. The maximum atomic E-state index is 12.4. The summed E-state index contributed by atoms with van der Waals surface area (Å²) in [7, 11) is 0. The minimum atomic E-state index is -0.0695. The zero-order chi connectivity index (χ0) is 13.1. The van der Waals surface area contributed by atoms with Crippen LogP contribution in [0.3, 0.4) is 0 Å². The van der Waals surface area contributed by atoms with Crippen molar-refractivity contribution in [3.05, 3.63) is 46.2 Å². The molecule has 1 unspecified atom stereocenters. The van der Waals surface area contributed by atoms with Gasteiger partial charge in [-0.1, -0.05) is 25.1 Å². The topological polar surface area (TPSA) is 42.2 Å². The SMILES string of the molecule is CCC(CO)c1cc2ccccc2n(CC)c1=O. The summed E-state index contributed by atoms with van der Waals surface area (Å²) < 4.78 is 1.78. The van der Waals surface area contributed by atoms with Crippen LogP contribution in [0.2, 0.25) is 0 Å². The molecule has 0 bridgehead atoms. The first kappa shape index (κ1) is 12.8. The molecular weight excluding hydrogens is 226 g/mol. The van der Waals surface area contributed by atoms with Crippen LogP contribution in [0.4, 0.5) is 0 Å². The molecule has 0 aliphatic carbocycles. The maximum absolute atomic E-state index is 12.4. The molecular formula is C15H19NO2. The molecule has 1 aromatic carbocycles. The first-order valence-electron chi connectivity index (χ1n) is 6.46. The van der Waals surface area contributed by atoms with Crippen LogP contribution in [-0.2, 0) is 6.54 Å². The standard InChI is InChI=1S/C15H19NO2/c1-3-11(10-17)13-9-12-7-5-6-8-14(12)16(4-2)15(13)18/h5-9,11,17H,3-4,10H2,1-2H3. The number of hydrogen-bond acceptors (Lipinski definition) is 2. The molecule has 1 heterocycles. The van der Waals surface area contributed by atoms with Gasteiger partial charge < -0.3 is 9.67 Å². The lowest BCUT2D eigenvalue weighted by Crippen LogP contribution is -2.26. The van der Waals surface area contributed by atoms with E-state index in [9.17, 15) is 9.90 Å². The van der Waals surface area contributed by atoms with Crippen molar-refractivity contribution in [3.63, 3.8) is 0 Å². The van der Waals surface area contributed by atoms with E-state index in [0.29, 0.717) is 6.54 Å². The molecule has 0 saturated heterocycles. The van der Waals surface area contributed by atoms with Gasteiger partial charge in [0, 0.05) is 18.0 Å². The minimum Gasteiger partial charge on any atom is -0.396 e. The van der Waals surface area contributed by atoms with Gasteiger partial charge in [-0.25, -0.2) is 0 Å². The normalized spacial score (nSPS) is 12.8. The fourth-order valence-electron chi connectivity index (χ4n) is 2.40. The molecule has 18 heavy (non-hydrogen) atoms. The summed E-state index contributed by atoms with van der Waals surface area (Å²) in [4.78, 5) is 12.4. The van der Waals surface area contributed by atoms with E-state index in [0.717, 1.165) is 22.9 Å². The lowest BCUT2D eigenvalue weighted by molar-refractivity contribution is 0.261. The minimum absolute atomic E-state index is 0.0216. The molecule has 0 spiro atoms. The molecule has 0 fully saturated rings. The summed E-state index contributed by atoms with van der Waals surface area (Å²) in [5.74, 6) is -0.0695. The number of pyridine rings is 1. The summed E-state index contributed by atoms with van der Waals surface area (Å²) in [5.41, 5.74) is 1.71. The third-order valence-electron chi connectivity index (χ3n) is 3.50. The van der Waals surface area contributed by atoms with Crippen molar-refractivity contribution in [2.75, 3.05) is 6.61 Å². The highest BCUT2D eigenvalue weighted by Crippen LogP contribution is 2.20.